The number of hydrogen-bond donors (Lipinski definition) is 1. The lowest BCUT2D eigenvalue weighted by atomic mass is 9.88. The third-order valence-corrected chi connectivity index (χ3v) is 7.04. The molecule has 5 rings (SSSR count). The van der Waals surface area contributed by atoms with Crippen molar-refractivity contribution in [2.75, 3.05) is 37.4 Å². The van der Waals surface area contributed by atoms with E-state index in [0.29, 0.717) is 23.3 Å². The van der Waals surface area contributed by atoms with Crippen LogP contribution in [0.2, 0.25) is 0 Å². The molecule has 0 radical (unpaired) electrons. The van der Waals surface area contributed by atoms with E-state index in [-0.39, 0.29) is 5.82 Å². The third kappa shape index (κ3) is 2.52. The standard InChI is InChI=1S/C21H23FN2OS/c1-25-14-3-4-15(18(22)11-14)13-9-16-17-12-23-6-5-19(17)24-7-2-8-26-20(10-13)21(16)24/h3-4,9-11,17,19,23H,2,5-8,12H2,1H3/t17-,19-/m0/s1. The van der Waals surface area contributed by atoms with Gasteiger partial charge in [-0.3, -0.25) is 0 Å². The molecule has 0 aromatic heterocycles. The summed E-state index contributed by atoms with van der Waals surface area (Å²) >= 11 is 1.93. The molecular formula is C21H23FN2OS. The van der Waals surface area contributed by atoms with Crippen LogP contribution in [0.25, 0.3) is 11.1 Å². The number of rotatable bonds is 2. The molecule has 1 saturated heterocycles. The largest absolute Gasteiger partial charge is 0.497 e. The van der Waals surface area contributed by atoms with E-state index in [2.05, 4.69) is 22.3 Å². The lowest BCUT2D eigenvalue weighted by Crippen LogP contribution is -2.44. The molecule has 2 aromatic carbocycles. The first kappa shape index (κ1) is 16.5. The number of halogens is 1. The summed E-state index contributed by atoms with van der Waals surface area (Å²) in [6, 6.07) is 10.2. The highest BCUT2D eigenvalue weighted by Crippen LogP contribution is 2.51. The average Bonchev–Trinajstić information content (AvgIpc) is 2.83. The second kappa shape index (κ2) is 6.46. The smallest absolute Gasteiger partial charge is 0.134 e. The highest BCUT2D eigenvalue weighted by atomic mass is 32.2. The van der Waals surface area contributed by atoms with E-state index in [1.165, 1.54) is 35.1 Å². The van der Waals surface area contributed by atoms with Gasteiger partial charge in [-0.05, 0) is 60.5 Å². The van der Waals surface area contributed by atoms with E-state index in [0.717, 1.165) is 31.0 Å². The molecule has 136 valence electrons. The van der Waals surface area contributed by atoms with E-state index < -0.39 is 0 Å². The number of ether oxygens (including phenoxy) is 1. The minimum atomic E-state index is -0.219. The van der Waals surface area contributed by atoms with Gasteiger partial charge in [0.1, 0.15) is 11.6 Å². The van der Waals surface area contributed by atoms with Crippen LogP contribution in [0.15, 0.2) is 35.2 Å². The summed E-state index contributed by atoms with van der Waals surface area (Å²) < 4.78 is 19.9. The molecule has 0 bridgehead atoms. The zero-order valence-corrected chi connectivity index (χ0v) is 15.7. The number of methoxy groups -OCH3 is 1. The van der Waals surface area contributed by atoms with Gasteiger partial charge >= 0.3 is 0 Å². The molecule has 0 amide bonds. The van der Waals surface area contributed by atoms with Crippen molar-refractivity contribution < 1.29 is 9.13 Å². The quantitative estimate of drug-likeness (QED) is 0.854. The third-order valence-electron chi connectivity index (χ3n) is 5.93. The second-order valence-corrected chi connectivity index (χ2v) is 8.46. The van der Waals surface area contributed by atoms with Crippen LogP contribution in [0, 0.1) is 5.82 Å². The van der Waals surface area contributed by atoms with Gasteiger partial charge in [0.2, 0.25) is 0 Å². The minimum absolute atomic E-state index is 0.219. The van der Waals surface area contributed by atoms with Crippen LogP contribution in [0.5, 0.6) is 5.75 Å². The summed E-state index contributed by atoms with van der Waals surface area (Å²) in [4.78, 5) is 3.96. The Balaban J connectivity index is 1.66. The molecule has 3 heterocycles. The zero-order chi connectivity index (χ0) is 17.7. The van der Waals surface area contributed by atoms with Gasteiger partial charge in [-0.1, -0.05) is 0 Å². The first-order valence-electron chi connectivity index (χ1n) is 9.38. The Labute approximate surface area is 157 Å². The molecule has 1 fully saturated rings. The van der Waals surface area contributed by atoms with Crippen LogP contribution >= 0.6 is 11.8 Å². The summed E-state index contributed by atoms with van der Waals surface area (Å²) in [6.45, 7) is 3.26. The number of hydrogen-bond acceptors (Lipinski definition) is 4. The second-order valence-electron chi connectivity index (χ2n) is 7.32. The molecule has 3 aliphatic rings. The Morgan fingerprint density at radius 1 is 1.27 bits per heavy atom. The molecule has 1 N–H and O–H groups in total. The Morgan fingerprint density at radius 2 is 2.19 bits per heavy atom. The number of fused-ring (bicyclic) bond motifs is 3. The van der Waals surface area contributed by atoms with Gasteiger partial charge in [0, 0.05) is 41.6 Å². The SMILES string of the molecule is COc1ccc(-c2cc3c4c(c2)[C@@H]2CNCC[C@@H]2N4CCCS3)c(F)c1. The van der Waals surface area contributed by atoms with Crippen LogP contribution < -0.4 is 15.0 Å². The molecule has 2 aromatic rings. The van der Waals surface area contributed by atoms with E-state index >= 15 is 0 Å². The Morgan fingerprint density at radius 3 is 3.04 bits per heavy atom. The van der Waals surface area contributed by atoms with Crippen LogP contribution in [0.4, 0.5) is 10.1 Å². The number of benzene rings is 2. The van der Waals surface area contributed by atoms with Crippen molar-refractivity contribution in [2.45, 2.75) is 29.7 Å². The fourth-order valence-corrected chi connectivity index (χ4v) is 5.81. The van der Waals surface area contributed by atoms with Gasteiger partial charge in [-0.2, -0.15) is 0 Å². The highest BCUT2D eigenvalue weighted by molar-refractivity contribution is 7.99. The van der Waals surface area contributed by atoms with E-state index in [1.54, 1.807) is 7.11 Å². The molecule has 2 atom stereocenters. The molecule has 0 saturated carbocycles. The lowest BCUT2D eigenvalue weighted by Gasteiger charge is -2.33. The molecule has 0 unspecified atom stereocenters. The van der Waals surface area contributed by atoms with Crippen molar-refractivity contribution in [3.05, 3.63) is 41.7 Å². The molecule has 3 nitrogen and oxygen atoms in total. The predicted octanol–water partition coefficient (Wildman–Crippen LogP) is 4.26. The molecule has 3 aliphatic heterocycles. The molecular weight excluding hydrogens is 347 g/mol. The topological polar surface area (TPSA) is 24.5 Å². The van der Waals surface area contributed by atoms with Gasteiger partial charge in [0.25, 0.3) is 0 Å². The maximum Gasteiger partial charge on any atom is 0.134 e. The maximum atomic E-state index is 14.7. The average molecular weight is 370 g/mol. The van der Waals surface area contributed by atoms with Crippen molar-refractivity contribution >= 4 is 17.4 Å². The van der Waals surface area contributed by atoms with E-state index in [1.807, 2.05) is 23.9 Å². The van der Waals surface area contributed by atoms with Crippen LogP contribution in [-0.4, -0.2) is 38.5 Å². The molecule has 0 aliphatic carbocycles. The summed E-state index contributed by atoms with van der Waals surface area (Å²) in [5.41, 5.74) is 4.47. The van der Waals surface area contributed by atoms with E-state index in [9.17, 15) is 4.39 Å². The Bertz CT molecular complexity index is 856. The number of anilines is 1. The fraction of sp³-hybridized carbons (Fsp3) is 0.429. The summed E-state index contributed by atoms with van der Waals surface area (Å²) in [5.74, 6) is 1.98. The van der Waals surface area contributed by atoms with Crippen molar-refractivity contribution in [1.29, 1.82) is 0 Å². The minimum Gasteiger partial charge on any atom is -0.497 e. The summed E-state index contributed by atoms with van der Waals surface area (Å²) in [5, 5.41) is 3.56. The molecule has 0 spiro atoms. The Hall–Kier alpha value is -1.72. The predicted molar refractivity (Wildman–Crippen MR) is 105 cm³/mol. The molecule has 26 heavy (non-hydrogen) atoms. The van der Waals surface area contributed by atoms with Crippen molar-refractivity contribution in [1.82, 2.24) is 5.32 Å². The summed E-state index contributed by atoms with van der Waals surface area (Å²) in [6.07, 6.45) is 2.40. The normalized spacial score (nSPS) is 24.0. The fourth-order valence-electron chi connectivity index (χ4n) is 4.74. The first-order valence-corrected chi connectivity index (χ1v) is 10.4. The van der Waals surface area contributed by atoms with Gasteiger partial charge < -0.3 is 15.0 Å². The maximum absolute atomic E-state index is 14.7. The van der Waals surface area contributed by atoms with Crippen molar-refractivity contribution in [3.63, 3.8) is 0 Å². The van der Waals surface area contributed by atoms with Crippen molar-refractivity contribution in [3.8, 4) is 16.9 Å². The molecule has 5 heteroatoms. The Kier molecular flexibility index (Phi) is 4.09. The number of nitrogens with zero attached hydrogens (tertiary/aromatic N) is 1. The van der Waals surface area contributed by atoms with Gasteiger partial charge in [0.15, 0.2) is 0 Å². The lowest BCUT2D eigenvalue weighted by molar-refractivity contribution is 0.403. The number of nitrogens with one attached hydrogen (secondary N) is 1. The van der Waals surface area contributed by atoms with Gasteiger partial charge in [0.05, 0.1) is 12.8 Å². The monoisotopic (exact) mass is 370 g/mol. The van der Waals surface area contributed by atoms with Crippen LogP contribution in [0.1, 0.15) is 24.3 Å². The van der Waals surface area contributed by atoms with Crippen molar-refractivity contribution in [2.24, 2.45) is 0 Å². The number of piperidine rings is 1. The van der Waals surface area contributed by atoms with Crippen LogP contribution in [0.3, 0.4) is 0 Å². The summed E-state index contributed by atoms with van der Waals surface area (Å²) in [7, 11) is 1.57. The highest BCUT2D eigenvalue weighted by Gasteiger charge is 2.41. The van der Waals surface area contributed by atoms with Gasteiger partial charge in [-0.15, -0.1) is 11.8 Å². The van der Waals surface area contributed by atoms with Crippen LogP contribution in [-0.2, 0) is 0 Å². The zero-order valence-electron chi connectivity index (χ0n) is 14.9. The first-order chi connectivity index (χ1) is 12.8. The van der Waals surface area contributed by atoms with Gasteiger partial charge in [-0.25, -0.2) is 4.39 Å². The van der Waals surface area contributed by atoms with E-state index in [4.69, 9.17) is 4.74 Å². The number of thioether (sulfide) groups is 1.